The number of hydrogen-bond donors (Lipinski definition) is 1. The van der Waals surface area contributed by atoms with Crippen LogP contribution in [0.3, 0.4) is 0 Å². The zero-order valence-corrected chi connectivity index (χ0v) is 17.1. The molecular formula is C24H25N3O3. The van der Waals surface area contributed by atoms with E-state index in [2.05, 4.69) is 5.32 Å². The maximum absolute atomic E-state index is 13.0. The van der Waals surface area contributed by atoms with E-state index in [0.29, 0.717) is 38.4 Å². The van der Waals surface area contributed by atoms with Crippen LogP contribution in [0.25, 0.3) is 22.2 Å². The molecule has 4 rings (SSSR count). The molecule has 0 unspecified atom stereocenters. The molecular weight excluding hydrogens is 378 g/mol. The van der Waals surface area contributed by atoms with Crippen LogP contribution in [-0.4, -0.2) is 54.5 Å². The van der Waals surface area contributed by atoms with E-state index < -0.39 is 0 Å². The average molecular weight is 403 g/mol. The largest absolute Gasteiger partial charge is 0.378 e. The molecule has 0 radical (unpaired) electrons. The number of carbonyl (C=O) groups is 2. The van der Waals surface area contributed by atoms with Crippen LogP contribution >= 0.6 is 0 Å². The Hall–Kier alpha value is -3.25. The zero-order valence-electron chi connectivity index (χ0n) is 17.1. The Morgan fingerprint density at radius 1 is 1.07 bits per heavy atom. The Bertz CT molecular complexity index is 1060. The van der Waals surface area contributed by atoms with Gasteiger partial charge in [-0.3, -0.25) is 9.59 Å². The summed E-state index contributed by atoms with van der Waals surface area (Å²) in [5.41, 5.74) is 4.11. The van der Waals surface area contributed by atoms with Gasteiger partial charge in [0.15, 0.2) is 0 Å². The van der Waals surface area contributed by atoms with Crippen LogP contribution < -0.4 is 5.32 Å². The number of hydrogen-bond acceptors (Lipinski definition) is 4. The second-order valence-corrected chi connectivity index (χ2v) is 7.44. The Labute approximate surface area is 175 Å². The fraction of sp³-hybridized carbons (Fsp3) is 0.292. The molecule has 0 atom stereocenters. The molecule has 1 fully saturated rings. The number of carbonyl (C=O) groups excluding carboxylic acids is 2. The monoisotopic (exact) mass is 403 g/mol. The van der Waals surface area contributed by atoms with Crippen LogP contribution in [0.2, 0.25) is 0 Å². The van der Waals surface area contributed by atoms with Gasteiger partial charge in [-0.1, -0.05) is 42.0 Å². The normalized spacial score (nSPS) is 14.0. The first-order valence-electron chi connectivity index (χ1n) is 10.2. The lowest BCUT2D eigenvalue weighted by Gasteiger charge is -2.26. The molecule has 2 heterocycles. The number of aromatic nitrogens is 1. The predicted octanol–water partition coefficient (Wildman–Crippen LogP) is 3.19. The van der Waals surface area contributed by atoms with Crippen LogP contribution in [-0.2, 0) is 9.53 Å². The lowest BCUT2D eigenvalue weighted by molar-refractivity contribution is -0.135. The van der Waals surface area contributed by atoms with Crippen molar-refractivity contribution >= 4 is 22.7 Å². The molecule has 0 bridgehead atoms. The number of pyridine rings is 1. The van der Waals surface area contributed by atoms with Gasteiger partial charge in [-0.25, -0.2) is 4.98 Å². The van der Waals surface area contributed by atoms with Crippen LogP contribution in [0.15, 0.2) is 54.6 Å². The molecule has 1 aromatic heterocycles. The highest BCUT2D eigenvalue weighted by Gasteiger charge is 2.18. The summed E-state index contributed by atoms with van der Waals surface area (Å²) in [7, 11) is 0. The molecule has 1 aliphatic rings. The molecule has 154 valence electrons. The molecule has 3 aromatic rings. The summed E-state index contributed by atoms with van der Waals surface area (Å²) >= 11 is 0. The second kappa shape index (κ2) is 9.05. The van der Waals surface area contributed by atoms with Gasteiger partial charge in [0, 0.05) is 37.0 Å². The summed E-state index contributed by atoms with van der Waals surface area (Å²) in [5, 5.41) is 3.73. The number of rotatable bonds is 5. The van der Waals surface area contributed by atoms with Gasteiger partial charge in [0.2, 0.25) is 5.91 Å². The van der Waals surface area contributed by atoms with E-state index in [4.69, 9.17) is 9.72 Å². The van der Waals surface area contributed by atoms with Gasteiger partial charge in [0.25, 0.3) is 5.91 Å². The summed E-state index contributed by atoms with van der Waals surface area (Å²) in [6.45, 7) is 4.66. The average Bonchev–Trinajstić information content (AvgIpc) is 2.79. The maximum Gasteiger partial charge on any atom is 0.252 e. The minimum absolute atomic E-state index is 0.0407. The van der Waals surface area contributed by atoms with E-state index in [9.17, 15) is 9.59 Å². The number of amides is 2. The molecule has 30 heavy (non-hydrogen) atoms. The molecule has 6 nitrogen and oxygen atoms in total. The fourth-order valence-corrected chi connectivity index (χ4v) is 3.63. The van der Waals surface area contributed by atoms with Gasteiger partial charge in [-0.15, -0.1) is 0 Å². The van der Waals surface area contributed by atoms with E-state index in [-0.39, 0.29) is 18.2 Å². The van der Waals surface area contributed by atoms with Gasteiger partial charge < -0.3 is 15.0 Å². The number of fused-ring (bicyclic) bond motifs is 1. The van der Waals surface area contributed by atoms with Gasteiger partial charge in [0.05, 0.1) is 30.0 Å². The van der Waals surface area contributed by atoms with Crippen LogP contribution in [0.5, 0.6) is 0 Å². The highest BCUT2D eigenvalue weighted by Crippen LogP contribution is 2.25. The summed E-state index contributed by atoms with van der Waals surface area (Å²) in [5.74, 6) is -0.154. The molecule has 1 saturated heterocycles. The van der Waals surface area contributed by atoms with Crippen molar-refractivity contribution < 1.29 is 14.3 Å². The Balaban J connectivity index is 1.54. The quantitative estimate of drug-likeness (QED) is 0.710. The van der Waals surface area contributed by atoms with Crippen LogP contribution in [0, 0.1) is 6.92 Å². The third kappa shape index (κ3) is 4.49. The summed E-state index contributed by atoms with van der Waals surface area (Å²) in [6, 6.07) is 17.5. The number of ether oxygens (including phenoxy) is 1. The topological polar surface area (TPSA) is 71.5 Å². The highest BCUT2D eigenvalue weighted by atomic mass is 16.5. The third-order valence-electron chi connectivity index (χ3n) is 5.27. The molecule has 0 aliphatic carbocycles. The van der Waals surface area contributed by atoms with E-state index in [0.717, 1.165) is 27.7 Å². The first-order chi connectivity index (χ1) is 14.6. The van der Waals surface area contributed by atoms with Crippen LogP contribution in [0.1, 0.15) is 22.3 Å². The highest BCUT2D eigenvalue weighted by molar-refractivity contribution is 6.07. The smallest absolute Gasteiger partial charge is 0.252 e. The Morgan fingerprint density at radius 3 is 2.60 bits per heavy atom. The number of benzene rings is 2. The van der Waals surface area contributed by atoms with Gasteiger partial charge in [0.1, 0.15) is 0 Å². The van der Waals surface area contributed by atoms with Crippen molar-refractivity contribution in [2.45, 2.75) is 13.3 Å². The summed E-state index contributed by atoms with van der Waals surface area (Å²) in [4.78, 5) is 31.9. The molecule has 2 amide bonds. The van der Waals surface area contributed by atoms with Crippen molar-refractivity contribution in [1.29, 1.82) is 0 Å². The van der Waals surface area contributed by atoms with Crippen molar-refractivity contribution in [3.05, 3.63) is 65.7 Å². The minimum atomic E-state index is -0.194. The molecule has 2 aromatic carbocycles. The van der Waals surface area contributed by atoms with E-state index in [1.54, 1.807) is 4.90 Å². The van der Waals surface area contributed by atoms with Crippen molar-refractivity contribution in [3.8, 4) is 11.3 Å². The Morgan fingerprint density at radius 2 is 1.83 bits per heavy atom. The summed E-state index contributed by atoms with van der Waals surface area (Å²) in [6.07, 6.45) is 0.277. The third-order valence-corrected chi connectivity index (χ3v) is 5.27. The number of morpholine rings is 1. The van der Waals surface area contributed by atoms with E-state index >= 15 is 0 Å². The molecule has 1 N–H and O–H groups in total. The zero-order chi connectivity index (χ0) is 20.9. The van der Waals surface area contributed by atoms with Crippen molar-refractivity contribution in [2.24, 2.45) is 0 Å². The first kappa shape index (κ1) is 20.0. The molecule has 0 saturated carbocycles. The van der Waals surface area contributed by atoms with Crippen LogP contribution in [0.4, 0.5) is 0 Å². The van der Waals surface area contributed by atoms with E-state index in [1.807, 2.05) is 61.5 Å². The standard InChI is InChI=1S/C24H25N3O3/c1-17-7-8-21-19(15-17)20(16-22(26-21)18-5-3-2-4-6-18)24(29)25-10-9-23(28)27-11-13-30-14-12-27/h2-8,15-16H,9-14H2,1H3,(H,25,29). The number of nitrogens with zero attached hydrogens (tertiary/aromatic N) is 2. The molecule has 6 heteroatoms. The van der Waals surface area contributed by atoms with Crippen molar-refractivity contribution in [1.82, 2.24) is 15.2 Å². The predicted molar refractivity (Wildman–Crippen MR) is 116 cm³/mol. The fourth-order valence-electron chi connectivity index (χ4n) is 3.63. The second-order valence-electron chi connectivity index (χ2n) is 7.44. The summed E-state index contributed by atoms with van der Waals surface area (Å²) < 4.78 is 5.28. The SMILES string of the molecule is Cc1ccc2nc(-c3ccccc3)cc(C(=O)NCCC(=O)N3CCOCC3)c2c1. The van der Waals surface area contributed by atoms with Gasteiger partial charge in [-0.2, -0.15) is 0 Å². The number of nitrogens with one attached hydrogen (secondary N) is 1. The molecule has 0 spiro atoms. The van der Waals surface area contributed by atoms with Crippen molar-refractivity contribution in [3.63, 3.8) is 0 Å². The van der Waals surface area contributed by atoms with E-state index in [1.165, 1.54) is 0 Å². The maximum atomic E-state index is 13.0. The van der Waals surface area contributed by atoms with Gasteiger partial charge in [-0.05, 0) is 25.1 Å². The minimum Gasteiger partial charge on any atom is -0.378 e. The van der Waals surface area contributed by atoms with Crippen molar-refractivity contribution in [2.75, 3.05) is 32.8 Å². The molecule has 1 aliphatic heterocycles. The lowest BCUT2D eigenvalue weighted by Crippen LogP contribution is -2.42. The number of aryl methyl sites for hydroxylation is 1. The lowest BCUT2D eigenvalue weighted by atomic mass is 10.0. The van der Waals surface area contributed by atoms with Gasteiger partial charge >= 0.3 is 0 Å². The Kier molecular flexibility index (Phi) is 6.05. The first-order valence-corrected chi connectivity index (χ1v) is 10.2.